The lowest BCUT2D eigenvalue weighted by Crippen LogP contribution is -2.59. The maximum atomic E-state index is 15.2. The van der Waals surface area contributed by atoms with Crippen LogP contribution in [0.4, 0.5) is 0 Å². The molecule has 12 nitrogen and oxygen atoms in total. The minimum Gasteiger partial charge on any atom is -0.462 e. The Morgan fingerprint density at radius 1 is 0.887 bits per heavy atom. The number of allylic oxidation sites excluding steroid dienone is 2. The number of hydrogen-bond donors (Lipinski definition) is 0. The van der Waals surface area contributed by atoms with E-state index in [4.69, 9.17) is 54.5 Å². The van der Waals surface area contributed by atoms with Crippen LogP contribution in [0.25, 0.3) is 10.6 Å². The van der Waals surface area contributed by atoms with E-state index >= 15 is 4.79 Å². The van der Waals surface area contributed by atoms with E-state index in [0.29, 0.717) is 35.9 Å². The second-order valence-electron chi connectivity index (χ2n) is 18.8. The highest BCUT2D eigenvalue weighted by Crippen LogP contribution is 2.63. The number of fused-ring (bicyclic) bond motifs is 8. The Bertz CT molecular complexity index is 1930. The number of esters is 1. The van der Waals surface area contributed by atoms with Gasteiger partial charge in [0.15, 0.2) is 18.4 Å². The number of ether oxygens (including phenoxy) is 8. The molecule has 3 aliphatic carbocycles. The Labute approximate surface area is 376 Å². The number of benzene rings is 1. The number of methoxy groups -OCH3 is 3. The summed E-state index contributed by atoms with van der Waals surface area (Å²) in [5.41, 5.74) is 2.51. The zero-order valence-corrected chi connectivity index (χ0v) is 39.4. The Morgan fingerprint density at radius 3 is 2.34 bits per heavy atom. The lowest BCUT2D eigenvalue weighted by Gasteiger charge is -2.44. The highest BCUT2D eigenvalue weighted by Gasteiger charge is 2.57. The van der Waals surface area contributed by atoms with Crippen molar-refractivity contribution in [3.05, 3.63) is 51.5 Å². The van der Waals surface area contributed by atoms with Crippen LogP contribution in [0.3, 0.4) is 0 Å². The van der Waals surface area contributed by atoms with E-state index in [-0.39, 0.29) is 84.6 Å². The fourth-order valence-corrected chi connectivity index (χ4v) is 13.5. The number of cyclic esters (lactones) is 1. The van der Waals surface area contributed by atoms with Gasteiger partial charge in [-0.1, -0.05) is 49.7 Å². The summed E-state index contributed by atoms with van der Waals surface area (Å²) in [6.45, 7) is 8.15. The van der Waals surface area contributed by atoms with Crippen molar-refractivity contribution < 1.29 is 47.5 Å². The Balaban J connectivity index is 1.15. The number of carbonyl (C=O) groups is 2. The van der Waals surface area contributed by atoms with Crippen LogP contribution in [0.15, 0.2) is 35.9 Å². The van der Waals surface area contributed by atoms with Crippen molar-refractivity contribution in [2.45, 2.75) is 165 Å². The van der Waals surface area contributed by atoms with Crippen LogP contribution >= 0.6 is 22.9 Å². The van der Waals surface area contributed by atoms with Gasteiger partial charge in [0, 0.05) is 61.5 Å². The van der Waals surface area contributed by atoms with Gasteiger partial charge in [0.1, 0.15) is 29.4 Å². The predicted molar refractivity (Wildman–Crippen MR) is 236 cm³/mol. The average Bonchev–Trinajstić information content (AvgIpc) is 3.97. The number of thiazole rings is 1. The maximum Gasteiger partial charge on any atom is 0.306 e. The number of aromatic nitrogens is 1. The quantitative estimate of drug-likeness (QED) is 0.213. The van der Waals surface area contributed by atoms with Gasteiger partial charge in [-0.25, -0.2) is 4.98 Å². The molecular weight excluding hydrogens is 832 g/mol. The molecule has 4 heterocycles. The molecule has 0 bridgehead atoms. The summed E-state index contributed by atoms with van der Waals surface area (Å²) < 4.78 is 50.6. The van der Waals surface area contributed by atoms with Crippen LogP contribution in [-0.4, -0.2) is 125 Å². The molecule has 6 aliphatic rings. The summed E-state index contributed by atoms with van der Waals surface area (Å²) in [6.07, 6.45) is 5.06. The van der Waals surface area contributed by atoms with Crippen molar-refractivity contribution >= 4 is 34.7 Å². The normalized spacial score (nSPS) is 40.1. The molecule has 6 unspecified atom stereocenters. The number of Topliss-reactive ketones (excluding diaryl/α,β-unsaturated/α-hetero) is 1. The van der Waals surface area contributed by atoms with Crippen LogP contribution in [0.5, 0.6) is 0 Å². The molecule has 3 aliphatic heterocycles. The number of carbonyl (C=O) groups excluding carboxylic acids is 2. The van der Waals surface area contributed by atoms with E-state index in [2.05, 4.69) is 38.9 Å². The van der Waals surface area contributed by atoms with E-state index in [9.17, 15) is 4.79 Å². The topological polar surface area (TPSA) is 124 Å². The molecule has 1 aromatic heterocycles. The van der Waals surface area contributed by atoms with Gasteiger partial charge in [0.05, 0.1) is 41.6 Å². The van der Waals surface area contributed by atoms with Gasteiger partial charge in [-0.3, -0.25) is 9.59 Å². The molecule has 8 rings (SSSR count). The molecule has 0 amide bonds. The van der Waals surface area contributed by atoms with E-state index in [1.54, 1.807) is 32.7 Å². The standard InChI is InChI=1S/C48H67ClN2O10S/c1-10-27-14-13-17-37(61-39-19-18-36(51(5)6)25(3)57-39)24(2)42(53)33-22-31-30-20-28(60-48-45(56-9)44(55-8)43(54-7)26(4)58-48)21-34(30)46-41(40(31)32(33)23-38(52)59-27)50-47(62-46)29-15-11-12-16-35(29)49/h11-12,15-16,22,24-28,30-32,34,36-37,39-40,43-45,48H,10,13-14,17-21,23H2,1-9H3/t24-,25?,26?,27+,28+,30+,31+,32-,34-,36+,37+,39+,40-,43?,44?,45?,48?/m1/s1. The molecule has 1 aromatic carbocycles. The SMILES string of the molecule is CC[C@H]1CCC[C@H](O[C@H]2CC[C@H](N(C)C)C(C)O2)[C@@H](C)C(=O)C2=C[C@H]3[C@@H]4C[C@H](OC5OC(C)C(OC)C(OC)C5OC)C[C@H]4c4sc(-c5ccccc5Cl)nc4[C@H]3[C@@H]2CC(=O)O1. The van der Waals surface area contributed by atoms with Crippen LogP contribution < -0.4 is 0 Å². The summed E-state index contributed by atoms with van der Waals surface area (Å²) >= 11 is 8.50. The minimum absolute atomic E-state index is 0.00204. The van der Waals surface area contributed by atoms with Crippen LogP contribution in [0.1, 0.15) is 108 Å². The Hall–Kier alpha value is -2.30. The number of halogens is 1. The number of likely N-dealkylation sites (N-methyl/N-ethyl adjacent to an activating group) is 1. The molecule has 2 aromatic rings. The van der Waals surface area contributed by atoms with Crippen molar-refractivity contribution in [1.82, 2.24) is 9.88 Å². The van der Waals surface area contributed by atoms with Crippen LogP contribution in [0, 0.1) is 23.7 Å². The van der Waals surface area contributed by atoms with Crippen LogP contribution in [-0.2, 0) is 47.5 Å². The fraction of sp³-hybridized carbons (Fsp3) is 0.729. The first-order valence-corrected chi connectivity index (χ1v) is 24.1. The van der Waals surface area contributed by atoms with Gasteiger partial charge >= 0.3 is 5.97 Å². The molecule has 4 fully saturated rings. The summed E-state index contributed by atoms with van der Waals surface area (Å²) in [6, 6.07) is 8.11. The summed E-state index contributed by atoms with van der Waals surface area (Å²) in [5, 5.41) is 1.47. The molecule has 17 atom stereocenters. The van der Waals surface area contributed by atoms with Gasteiger partial charge in [-0.2, -0.15) is 0 Å². The molecule has 14 heteroatoms. The maximum absolute atomic E-state index is 15.2. The van der Waals surface area contributed by atoms with Crippen LogP contribution in [0.2, 0.25) is 5.02 Å². The summed E-state index contributed by atoms with van der Waals surface area (Å²) in [5.74, 6) is -1.14. The smallest absolute Gasteiger partial charge is 0.306 e. The highest BCUT2D eigenvalue weighted by molar-refractivity contribution is 7.15. The molecule has 62 heavy (non-hydrogen) atoms. The minimum atomic E-state index is -0.672. The van der Waals surface area contributed by atoms with Gasteiger partial charge in [-0.15, -0.1) is 11.3 Å². The van der Waals surface area contributed by atoms with Gasteiger partial charge < -0.3 is 42.8 Å². The third-order valence-electron chi connectivity index (χ3n) is 15.0. The van der Waals surface area contributed by atoms with E-state index in [1.807, 2.05) is 38.1 Å². The fourth-order valence-electron chi connectivity index (χ4n) is 11.8. The number of rotatable bonds is 10. The lowest BCUT2D eigenvalue weighted by atomic mass is 9.67. The molecule has 0 N–H and O–H groups in total. The van der Waals surface area contributed by atoms with E-state index in [1.165, 1.54) is 4.88 Å². The molecular formula is C48H67ClN2O10S. The van der Waals surface area contributed by atoms with Gasteiger partial charge in [0.2, 0.25) is 0 Å². The Kier molecular flexibility index (Phi) is 14.7. The Morgan fingerprint density at radius 2 is 1.65 bits per heavy atom. The number of ketones is 1. The number of nitrogens with zero attached hydrogens (tertiary/aromatic N) is 2. The molecule has 0 radical (unpaired) electrons. The molecule has 3 saturated heterocycles. The molecule has 1 saturated carbocycles. The van der Waals surface area contributed by atoms with E-state index < -0.39 is 30.5 Å². The van der Waals surface area contributed by atoms with Crippen molar-refractivity contribution in [2.24, 2.45) is 23.7 Å². The predicted octanol–water partition coefficient (Wildman–Crippen LogP) is 8.34. The highest BCUT2D eigenvalue weighted by atomic mass is 35.5. The molecule has 342 valence electrons. The second kappa shape index (κ2) is 19.7. The zero-order valence-electron chi connectivity index (χ0n) is 37.8. The van der Waals surface area contributed by atoms with Crippen molar-refractivity contribution in [3.8, 4) is 10.6 Å². The first-order chi connectivity index (χ1) is 29.8. The second-order valence-corrected chi connectivity index (χ2v) is 20.2. The zero-order chi connectivity index (χ0) is 44.0. The number of hydrogen-bond acceptors (Lipinski definition) is 13. The van der Waals surface area contributed by atoms with Crippen molar-refractivity contribution in [1.29, 1.82) is 0 Å². The third kappa shape index (κ3) is 8.98. The lowest BCUT2D eigenvalue weighted by molar-refractivity contribution is -0.314. The van der Waals surface area contributed by atoms with Gasteiger partial charge in [0.25, 0.3) is 0 Å². The summed E-state index contributed by atoms with van der Waals surface area (Å²) in [4.78, 5) is 38.1. The summed E-state index contributed by atoms with van der Waals surface area (Å²) in [7, 11) is 9.14. The van der Waals surface area contributed by atoms with Crippen molar-refractivity contribution in [3.63, 3.8) is 0 Å². The van der Waals surface area contributed by atoms with E-state index in [0.717, 1.165) is 48.4 Å². The molecule has 0 spiro atoms. The first-order valence-electron chi connectivity index (χ1n) is 22.9. The monoisotopic (exact) mass is 898 g/mol. The third-order valence-corrected chi connectivity index (χ3v) is 16.6. The van der Waals surface area contributed by atoms with Gasteiger partial charge in [-0.05, 0) is 103 Å². The van der Waals surface area contributed by atoms with Crippen molar-refractivity contribution in [2.75, 3.05) is 35.4 Å². The average molecular weight is 900 g/mol. The largest absolute Gasteiger partial charge is 0.462 e. The first kappa shape index (κ1) is 46.2.